The Hall–Kier alpha value is -2.68. The Balaban J connectivity index is 0.00000241. The van der Waals surface area contributed by atoms with E-state index in [1.54, 1.807) is 12.1 Å². The van der Waals surface area contributed by atoms with E-state index in [0.29, 0.717) is 11.4 Å². The molecule has 14 heteroatoms. The van der Waals surface area contributed by atoms with E-state index in [4.69, 9.17) is 5.11 Å². The first-order valence-corrected chi connectivity index (χ1v) is 11.3. The number of fused-ring (bicyclic) bond motifs is 1. The zero-order chi connectivity index (χ0) is 25.2. The van der Waals surface area contributed by atoms with Crippen molar-refractivity contribution in [2.45, 2.75) is 4.90 Å². The maximum atomic E-state index is 12.7. The van der Waals surface area contributed by atoms with Gasteiger partial charge in [-0.1, -0.05) is 41.8 Å². The summed E-state index contributed by atoms with van der Waals surface area (Å²) in [5.41, 5.74) is 0.196. The summed E-state index contributed by atoms with van der Waals surface area (Å²) in [6, 6.07) is 16.5. The number of rotatable bonds is 6. The first-order chi connectivity index (χ1) is 16.6. The van der Waals surface area contributed by atoms with E-state index in [1.807, 2.05) is 0 Å². The number of aromatic carboxylic acids is 1. The van der Waals surface area contributed by atoms with Crippen molar-refractivity contribution in [2.75, 3.05) is 0 Å². The van der Waals surface area contributed by atoms with E-state index in [1.165, 1.54) is 42.5 Å². The zero-order valence-electron chi connectivity index (χ0n) is 19.6. The van der Waals surface area contributed by atoms with Crippen LogP contribution in [0.4, 0.5) is 22.7 Å². The predicted molar refractivity (Wildman–Crippen MR) is 121 cm³/mol. The van der Waals surface area contributed by atoms with Crippen molar-refractivity contribution < 1.29 is 92.2 Å². The van der Waals surface area contributed by atoms with E-state index < -0.39 is 38.0 Å². The van der Waals surface area contributed by atoms with E-state index in [9.17, 15) is 28.0 Å². The number of carboxylic acid groups (broad SMARTS) is 1. The van der Waals surface area contributed by atoms with Gasteiger partial charge in [-0.3, -0.25) is 4.55 Å². The number of azo groups is 2. The number of nitrogens with zero attached hydrogens (tertiary/aromatic N) is 4. The minimum absolute atomic E-state index is 0. The molecule has 37 heavy (non-hydrogen) atoms. The Kier molecular flexibility index (Phi) is 10.5. The Morgan fingerprint density at radius 2 is 1.24 bits per heavy atom. The fourth-order valence-electron chi connectivity index (χ4n) is 3.15. The van der Waals surface area contributed by atoms with Crippen LogP contribution < -0.4 is 69.3 Å². The summed E-state index contributed by atoms with van der Waals surface area (Å²) < 4.78 is 33.1. The Bertz CT molecular complexity index is 1630. The maximum absolute atomic E-state index is 12.7. The Morgan fingerprint density at radius 3 is 1.81 bits per heavy atom. The first-order valence-electron chi connectivity index (χ1n) is 9.81. The molecule has 0 amide bonds. The second-order valence-electron chi connectivity index (χ2n) is 7.15. The summed E-state index contributed by atoms with van der Waals surface area (Å²) in [4.78, 5) is 10.6. The van der Waals surface area contributed by atoms with Gasteiger partial charge < -0.3 is 15.3 Å². The van der Waals surface area contributed by atoms with Crippen LogP contribution in [0.3, 0.4) is 0 Å². The third-order valence-electron chi connectivity index (χ3n) is 4.81. The fourth-order valence-corrected chi connectivity index (χ4v) is 3.87. The van der Waals surface area contributed by atoms with Gasteiger partial charge in [0.25, 0.3) is 10.1 Å². The van der Waals surface area contributed by atoms with Gasteiger partial charge in [0.05, 0.1) is 28.3 Å². The molecular weight excluding hydrogens is 522 g/mol. The number of carbonyl (C=O) groups is 1. The van der Waals surface area contributed by atoms with Crippen molar-refractivity contribution >= 4 is 49.6 Å². The molecule has 0 heterocycles. The molecule has 0 unspecified atom stereocenters. The molecule has 176 valence electrons. The number of hydrogen-bond acceptors (Lipinski definition) is 9. The monoisotopic (exact) mass is 536 g/mol. The van der Waals surface area contributed by atoms with Gasteiger partial charge in [-0.2, -0.15) is 28.9 Å². The van der Waals surface area contributed by atoms with Gasteiger partial charge in [-0.15, -0.1) is 0 Å². The predicted octanol–water partition coefficient (Wildman–Crippen LogP) is -1.23. The molecule has 0 bridgehead atoms. The normalized spacial score (nSPS) is 11.4. The molecule has 0 spiro atoms. The van der Waals surface area contributed by atoms with Crippen LogP contribution in [0.25, 0.3) is 10.8 Å². The second kappa shape index (κ2) is 12.7. The molecule has 0 aliphatic heterocycles. The van der Waals surface area contributed by atoms with Gasteiger partial charge in [0, 0.05) is 5.39 Å². The Labute approximate surface area is 254 Å². The van der Waals surface area contributed by atoms with Gasteiger partial charge in [0.15, 0.2) is 0 Å². The van der Waals surface area contributed by atoms with Crippen LogP contribution in [0.1, 0.15) is 10.4 Å². The van der Waals surface area contributed by atoms with Crippen molar-refractivity contribution in [3.05, 3.63) is 78.4 Å². The molecule has 2 N–H and O–H groups in total. The third-order valence-corrected chi connectivity index (χ3v) is 5.71. The van der Waals surface area contributed by atoms with Gasteiger partial charge in [0.2, 0.25) is 0 Å². The molecule has 0 atom stereocenters. The summed E-state index contributed by atoms with van der Waals surface area (Å²) in [5.74, 6) is -2.55. The molecule has 0 radical (unpaired) electrons. The quantitative estimate of drug-likeness (QED) is 0.175. The molecule has 0 aliphatic rings. The molecule has 0 aromatic heterocycles. The van der Waals surface area contributed by atoms with Crippen molar-refractivity contribution in [3.8, 4) is 11.5 Å². The van der Waals surface area contributed by atoms with Crippen LogP contribution in [0.5, 0.6) is 11.5 Å². The second-order valence-corrected chi connectivity index (χ2v) is 8.54. The van der Waals surface area contributed by atoms with Crippen LogP contribution >= 0.6 is 0 Å². The van der Waals surface area contributed by atoms with Gasteiger partial charge in [-0.05, 0) is 47.9 Å². The molecule has 0 saturated carbocycles. The fraction of sp³-hybridized carbons (Fsp3) is 0. The third kappa shape index (κ3) is 7.21. The van der Waals surface area contributed by atoms with Crippen molar-refractivity contribution in [1.82, 2.24) is 0 Å². The number of benzene rings is 4. The van der Waals surface area contributed by atoms with Crippen LogP contribution in [-0.4, -0.2) is 24.0 Å². The summed E-state index contributed by atoms with van der Waals surface area (Å²) in [7, 11) is -4.61. The average Bonchev–Trinajstić information content (AvgIpc) is 2.83. The average molecular weight is 536 g/mol. The molecule has 0 aliphatic carbocycles. The molecule has 4 aromatic carbocycles. The molecular formula is C23H14N4Na2O7S. The minimum atomic E-state index is -4.61. The van der Waals surface area contributed by atoms with E-state index in [0.717, 1.165) is 18.2 Å². The van der Waals surface area contributed by atoms with Crippen LogP contribution in [-0.2, 0) is 10.1 Å². The number of hydrogen-bond donors (Lipinski definition) is 2. The van der Waals surface area contributed by atoms with E-state index in [2.05, 4.69) is 20.5 Å². The molecule has 11 nitrogen and oxygen atoms in total. The van der Waals surface area contributed by atoms with Gasteiger partial charge in [0.1, 0.15) is 4.90 Å². The zero-order valence-corrected chi connectivity index (χ0v) is 24.4. The summed E-state index contributed by atoms with van der Waals surface area (Å²) in [5, 5.41) is 49.0. The van der Waals surface area contributed by atoms with Crippen LogP contribution in [0.15, 0.2) is 98.1 Å². The first kappa shape index (κ1) is 30.5. The molecule has 4 rings (SSSR count). The largest absolute Gasteiger partial charge is 1.00 e. The van der Waals surface area contributed by atoms with Gasteiger partial charge in [-0.25, -0.2) is 4.79 Å². The Morgan fingerprint density at radius 1 is 0.730 bits per heavy atom. The SMILES string of the molecule is O=C(O)c1cc(N=Nc2ccc(N=Nc3cc(S(=O)(=O)O)c4ccccc4c3[O-])cc2)ccc1[O-].[Na+].[Na+]. The molecule has 4 aromatic rings. The summed E-state index contributed by atoms with van der Waals surface area (Å²) >= 11 is 0. The minimum Gasteiger partial charge on any atom is -0.872 e. The van der Waals surface area contributed by atoms with Crippen LogP contribution in [0, 0.1) is 0 Å². The number of carboxylic acids is 1. The van der Waals surface area contributed by atoms with E-state index >= 15 is 0 Å². The van der Waals surface area contributed by atoms with Gasteiger partial charge >= 0.3 is 65.1 Å². The summed E-state index contributed by atoms with van der Waals surface area (Å²) in [6.07, 6.45) is 0. The van der Waals surface area contributed by atoms with Crippen molar-refractivity contribution in [2.24, 2.45) is 20.5 Å². The van der Waals surface area contributed by atoms with Crippen LogP contribution in [0.2, 0.25) is 0 Å². The standard InChI is InChI=1S/C23H16N4O7S.2Na/c28-20-10-9-15(11-18(20)23(30)31)26-24-13-5-7-14(8-6-13)25-27-19-12-21(35(32,33)34)16-3-1-2-4-17(16)22(19)29;;/h1-12,28-29H,(H,30,31)(H,32,33,34);;/q;2*+1/p-2. The van der Waals surface area contributed by atoms with Crippen molar-refractivity contribution in [1.29, 1.82) is 0 Å². The summed E-state index contributed by atoms with van der Waals surface area (Å²) in [6.45, 7) is 0. The van der Waals surface area contributed by atoms with E-state index in [-0.39, 0.29) is 81.3 Å². The molecule has 0 fully saturated rings. The smallest absolute Gasteiger partial charge is 0.872 e. The maximum Gasteiger partial charge on any atom is 1.00 e. The topological polar surface area (TPSA) is 187 Å². The molecule has 0 saturated heterocycles. The van der Waals surface area contributed by atoms with Crippen molar-refractivity contribution in [3.63, 3.8) is 0 Å².